The maximum atomic E-state index is 10.9. The Hall–Kier alpha value is -3.28. The summed E-state index contributed by atoms with van der Waals surface area (Å²) in [5.74, 6) is 2.25. The van der Waals surface area contributed by atoms with E-state index in [9.17, 15) is 4.79 Å². The zero-order valence-electron chi connectivity index (χ0n) is 17.0. The van der Waals surface area contributed by atoms with E-state index in [1.807, 2.05) is 36.7 Å². The van der Waals surface area contributed by atoms with E-state index in [2.05, 4.69) is 32.8 Å². The number of fused-ring (bicyclic) bond motifs is 1. The molecule has 5 rings (SSSR count). The van der Waals surface area contributed by atoms with Gasteiger partial charge >= 0.3 is 0 Å². The zero-order valence-corrected chi connectivity index (χ0v) is 17.0. The van der Waals surface area contributed by atoms with Gasteiger partial charge in [-0.2, -0.15) is 0 Å². The van der Waals surface area contributed by atoms with Crippen LogP contribution < -0.4 is 9.64 Å². The van der Waals surface area contributed by atoms with Gasteiger partial charge in [0.05, 0.1) is 18.1 Å². The van der Waals surface area contributed by atoms with Gasteiger partial charge in [0.25, 0.3) is 0 Å². The van der Waals surface area contributed by atoms with E-state index in [0.29, 0.717) is 11.5 Å². The second kappa shape index (κ2) is 7.52. The maximum absolute atomic E-state index is 10.9. The van der Waals surface area contributed by atoms with Crippen molar-refractivity contribution in [3.63, 3.8) is 0 Å². The standard InChI is InChI=1S/C24H24N4O2/c1-17-12-20-13-21(19-4-2-18(16-29)3-5-19)27-14-22(20)30-24(17)6-10-28(11-7-24)23-15-25-8-9-26-23/h2-5,8-9,13-17H,6-7,10-12H2,1H3. The SMILES string of the molecule is CC1Cc2cc(-c3ccc(C=O)cc3)ncc2OC12CCN(c1cnccn1)CC2. The van der Waals surface area contributed by atoms with E-state index in [0.717, 1.165) is 61.5 Å². The van der Waals surface area contributed by atoms with Crippen LogP contribution in [0.25, 0.3) is 11.3 Å². The van der Waals surface area contributed by atoms with Crippen LogP contribution in [0.4, 0.5) is 5.82 Å². The maximum Gasteiger partial charge on any atom is 0.150 e. The molecule has 0 aliphatic carbocycles. The van der Waals surface area contributed by atoms with Crippen LogP contribution >= 0.6 is 0 Å². The molecule has 1 unspecified atom stereocenters. The van der Waals surface area contributed by atoms with E-state index in [-0.39, 0.29) is 5.60 Å². The van der Waals surface area contributed by atoms with E-state index < -0.39 is 0 Å². The molecule has 1 saturated heterocycles. The fraction of sp³-hybridized carbons (Fsp3) is 0.333. The quantitative estimate of drug-likeness (QED) is 0.620. The number of anilines is 1. The molecule has 30 heavy (non-hydrogen) atoms. The minimum atomic E-state index is -0.152. The summed E-state index contributed by atoms with van der Waals surface area (Å²) < 4.78 is 6.61. The Labute approximate surface area is 176 Å². The van der Waals surface area contributed by atoms with Gasteiger partial charge in [-0.05, 0) is 18.1 Å². The van der Waals surface area contributed by atoms with Gasteiger partial charge in [-0.3, -0.25) is 14.8 Å². The van der Waals surface area contributed by atoms with Crippen LogP contribution in [0.5, 0.6) is 5.75 Å². The summed E-state index contributed by atoms with van der Waals surface area (Å²) in [6, 6.07) is 9.65. The summed E-state index contributed by atoms with van der Waals surface area (Å²) in [4.78, 5) is 26.4. The number of nitrogens with zero attached hydrogens (tertiary/aromatic N) is 4. The molecule has 2 aliphatic rings. The number of pyridine rings is 1. The van der Waals surface area contributed by atoms with Gasteiger partial charge in [0, 0.05) is 55.4 Å². The van der Waals surface area contributed by atoms with Crippen LogP contribution in [-0.4, -0.2) is 39.9 Å². The second-order valence-corrected chi connectivity index (χ2v) is 8.24. The highest BCUT2D eigenvalue weighted by molar-refractivity contribution is 5.76. The lowest BCUT2D eigenvalue weighted by atomic mass is 9.75. The lowest BCUT2D eigenvalue weighted by molar-refractivity contribution is -0.0212. The Morgan fingerprint density at radius 2 is 1.90 bits per heavy atom. The minimum absolute atomic E-state index is 0.152. The number of ether oxygens (including phenoxy) is 1. The monoisotopic (exact) mass is 400 g/mol. The van der Waals surface area contributed by atoms with Gasteiger partial charge in [-0.1, -0.05) is 31.2 Å². The molecular weight excluding hydrogens is 376 g/mol. The molecule has 0 N–H and O–H groups in total. The number of aldehydes is 1. The average Bonchev–Trinajstić information content (AvgIpc) is 2.81. The summed E-state index contributed by atoms with van der Waals surface area (Å²) in [6.07, 6.45) is 10.9. The van der Waals surface area contributed by atoms with Crippen LogP contribution in [0, 0.1) is 5.92 Å². The van der Waals surface area contributed by atoms with Crippen molar-refractivity contribution in [3.8, 4) is 17.0 Å². The third-order valence-electron chi connectivity index (χ3n) is 6.51. The molecule has 2 aromatic heterocycles. The first-order chi connectivity index (χ1) is 14.7. The largest absolute Gasteiger partial charge is 0.485 e. The average molecular weight is 400 g/mol. The number of rotatable bonds is 3. The van der Waals surface area contributed by atoms with Crippen molar-refractivity contribution in [2.45, 2.75) is 31.8 Å². The zero-order chi connectivity index (χ0) is 20.6. The lowest BCUT2D eigenvalue weighted by Crippen LogP contribution is -2.54. The highest BCUT2D eigenvalue weighted by atomic mass is 16.5. The molecule has 1 atom stereocenters. The fourth-order valence-electron chi connectivity index (χ4n) is 4.63. The number of aromatic nitrogens is 3. The van der Waals surface area contributed by atoms with Crippen LogP contribution in [0.2, 0.25) is 0 Å². The summed E-state index contributed by atoms with van der Waals surface area (Å²) in [7, 11) is 0. The lowest BCUT2D eigenvalue weighted by Gasteiger charge is -2.48. The molecule has 6 nitrogen and oxygen atoms in total. The van der Waals surface area contributed by atoms with Gasteiger partial charge in [-0.15, -0.1) is 0 Å². The Morgan fingerprint density at radius 1 is 1.10 bits per heavy atom. The molecule has 0 saturated carbocycles. The van der Waals surface area contributed by atoms with Crippen molar-refractivity contribution < 1.29 is 9.53 Å². The highest BCUT2D eigenvalue weighted by Crippen LogP contribution is 2.43. The molecular formula is C24H24N4O2. The third kappa shape index (κ3) is 3.32. The molecule has 1 spiro atoms. The summed E-state index contributed by atoms with van der Waals surface area (Å²) >= 11 is 0. The van der Waals surface area contributed by atoms with Crippen molar-refractivity contribution in [1.82, 2.24) is 15.0 Å². The Bertz CT molecular complexity index is 1040. The van der Waals surface area contributed by atoms with E-state index in [4.69, 9.17) is 4.74 Å². The predicted molar refractivity (Wildman–Crippen MR) is 115 cm³/mol. The Kier molecular flexibility index (Phi) is 4.69. The molecule has 1 fully saturated rings. The van der Waals surface area contributed by atoms with Crippen molar-refractivity contribution >= 4 is 12.1 Å². The van der Waals surface area contributed by atoms with Crippen molar-refractivity contribution in [1.29, 1.82) is 0 Å². The molecule has 152 valence electrons. The van der Waals surface area contributed by atoms with E-state index in [1.54, 1.807) is 12.4 Å². The molecule has 6 heteroatoms. The molecule has 0 bridgehead atoms. The number of benzene rings is 1. The van der Waals surface area contributed by atoms with E-state index >= 15 is 0 Å². The first-order valence-electron chi connectivity index (χ1n) is 10.4. The van der Waals surface area contributed by atoms with Crippen molar-refractivity contribution in [2.24, 2.45) is 5.92 Å². The Balaban J connectivity index is 1.35. The molecule has 1 aromatic carbocycles. The first-order valence-corrected chi connectivity index (χ1v) is 10.4. The van der Waals surface area contributed by atoms with Gasteiger partial charge in [0.2, 0.25) is 0 Å². The number of carbonyl (C=O) groups excluding carboxylic acids is 1. The normalized spacial score (nSPS) is 19.8. The predicted octanol–water partition coefficient (Wildman–Crippen LogP) is 3.96. The first kappa shape index (κ1) is 18.7. The fourth-order valence-corrected chi connectivity index (χ4v) is 4.63. The highest BCUT2D eigenvalue weighted by Gasteiger charge is 2.45. The Morgan fingerprint density at radius 3 is 2.60 bits per heavy atom. The molecule has 2 aliphatic heterocycles. The summed E-state index contributed by atoms with van der Waals surface area (Å²) in [5.41, 5.74) is 3.64. The summed E-state index contributed by atoms with van der Waals surface area (Å²) in [5, 5.41) is 0. The second-order valence-electron chi connectivity index (χ2n) is 8.24. The summed E-state index contributed by atoms with van der Waals surface area (Å²) in [6.45, 7) is 4.11. The van der Waals surface area contributed by atoms with Crippen LogP contribution in [0.15, 0.2) is 55.1 Å². The van der Waals surface area contributed by atoms with Gasteiger partial charge in [0.1, 0.15) is 23.5 Å². The van der Waals surface area contributed by atoms with Gasteiger partial charge in [0.15, 0.2) is 0 Å². The third-order valence-corrected chi connectivity index (χ3v) is 6.51. The number of piperidine rings is 1. The number of carbonyl (C=O) groups is 1. The molecule has 0 radical (unpaired) electrons. The van der Waals surface area contributed by atoms with Crippen molar-refractivity contribution in [2.75, 3.05) is 18.0 Å². The number of hydrogen-bond acceptors (Lipinski definition) is 6. The van der Waals surface area contributed by atoms with Crippen molar-refractivity contribution in [3.05, 3.63) is 66.2 Å². The smallest absolute Gasteiger partial charge is 0.150 e. The molecule has 0 amide bonds. The van der Waals surface area contributed by atoms with Crippen LogP contribution in [-0.2, 0) is 6.42 Å². The topological polar surface area (TPSA) is 68.2 Å². The minimum Gasteiger partial charge on any atom is -0.485 e. The van der Waals surface area contributed by atoms with E-state index in [1.165, 1.54) is 5.56 Å². The van der Waals surface area contributed by atoms with Crippen LogP contribution in [0.1, 0.15) is 35.7 Å². The van der Waals surface area contributed by atoms with Crippen LogP contribution in [0.3, 0.4) is 0 Å². The molecule has 4 heterocycles. The van der Waals surface area contributed by atoms with Gasteiger partial charge < -0.3 is 9.64 Å². The van der Waals surface area contributed by atoms with Gasteiger partial charge in [-0.25, -0.2) is 4.98 Å². The number of hydrogen-bond donors (Lipinski definition) is 0. The molecule has 3 aromatic rings.